The van der Waals surface area contributed by atoms with Gasteiger partial charge in [-0.25, -0.2) is 0 Å². The van der Waals surface area contributed by atoms with Gasteiger partial charge in [0.2, 0.25) is 5.91 Å². The summed E-state index contributed by atoms with van der Waals surface area (Å²) in [4.78, 5) is 10.7. The zero-order valence-corrected chi connectivity index (χ0v) is 10.7. The van der Waals surface area contributed by atoms with Crippen LogP contribution in [0.2, 0.25) is 0 Å². The summed E-state index contributed by atoms with van der Waals surface area (Å²) in [6.45, 7) is 2.33. The first-order valence-electron chi connectivity index (χ1n) is 6.15. The average molecular weight is 245 g/mol. The first kappa shape index (κ1) is 14.3. The molecular weight excluding hydrogens is 226 g/mol. The Bertz CT molecular complexity index is 443. The quantitative estimate of drug-likeness (QED) is 0.610. The minimum absolute atomic E-state index is 0.0126. The predicted octanol–water partition coefficient (Wildman–Crippen LogP) is 1.49. The molecule has 0 saturated heterocycles. The third kappa shape index (κ3) is 6.07. The molecule has 0 saturated carbocycles. The maximum atomic E-state index is 10.7. The van der Waals surface area contributed by atoms with Gasteiger partial charge in [-0.3, -0.25) is 4.79 Å². The largest absolute Gasteiger partial charge is 0.395 e. The molecule has 0 heterocycles. The van der Waals surface area contributed by atoms with Crippen LogP contribution in [0.3, 0.4) is 0 Å². The zero-order valence-electron chi connectivity index (χ0n) is 10.7. The van der Waals surface area contributed by atoms with Gasteiger partial charge in [-0.05, 0) is 30.5 Å². The van der Waals surface area contributed by atoms with Crippen molar-refractivity contribution in [2.75, 3.05) is 13.2 Å². The number of carbonyl (C=O) groups is 1. The van der Waals surface area contributed by atoms with Gasteiger partial charge in [-0.1, -0.05) is 24.0 Å². The molecule has 0 atom stereocenters. The minimum Gasteiger partial charge on any atom is -0.395 e. The second-order valence-corrected chi connectivity index (χ2v) is 4.06. The maximum absolute atomic E-state index is 10.7. The summed E-state index contributed by atoms with van der Waals surface area (Å²) < 4.78 is 0. The normalized spacial score (nSPS) is 9.44. The molecule has 18 heavy (non-hydrogen) atoms. The molecule has 1 aromatic rings. The fourth-order valence-electron chi connectivity index (χ4n) is 1.58. The van der Waals surface area contributed by atoms with Gasteiger partial charge in [0.15, 0.2) is 0 Å². The molecule has 0 aromatic heterocycles. The van der Waals surface area contributed by atoms with Crippen LogP contribution in [0.5, 0.6) is 0 Å². The third-order valence-electron chi connectivity index (χ3n) is 2.41. The number of nitrogens with one attached hydrogen (secondary N) is 1. The second-order valence-electron chi connectivity index (χ2n) is 4.06. The second kappa shape index (κ2) is 8.32. The fraction of sp³-hybridized carbons (Fsp3) is 0.400. The van der Waals surface area contributed by atoms with Gasteiger partial charge in [0.25, 0.3) is 0 Å². The molecule has 2 N–H and O–H groups in total. The highest BCUT2D eigenvalue weighted by atomic mass is 16.2. The molecule has 0 aliphatic rings. The van der Waals surface area contributed by atoms with E-state index in [9.17, 15) is 4.79 Å². The van der Waals surface area contributed by atoms with Crippen LogP contribution in [0.25, 0.3) is 0 Å². The van der Waals surface area contributed by atoms with Gasteiger partial charge < -0.3 is 10.4 Å². The Morgan fingerprint density at radius 3 is 3.00 bits per heavy atom. The molecule has 0 aliphatic carbocycles. The summed E-state index contributed by atoms with van der Waals surface area (Å²) in [7, 11) is 0. The summed E-state index contributed by atoms with van der Waals surface area (Å²) in [5.41, 5.74) is 2.19. The molecule has 3 nitrogen and oxygen atoms in total. The van der Waals surface area contributed by atoms with Gasteiger partial charge in [-0.2, -0.15) is 0 Å². The Morgan fingerprint density at radius 2 is 2.28 bits per heavy atom. The number of carbonyl (C=O) groups excluding carboxylic acids is 1. The zero-order chi connectivity index (χ0) is 13.2. The Morgan fingerprint density at radius 1 is 1.44 bits per heavy atom. The fourth-order valence-corrected chi connectivity index (χ4v) is 1.58. The smallest absolute Gasteiger partial charge is 0.216 e. The lowest BCUT2D eigenvalue weighted by Crippen LogP contribution is -2.21. The number of hydrogen-bond donors (Lipinski definition) is 2. The molecule has 0 unspecified atom stereocenters. The van der Waals surface area contributed by atoms with Gasteiger partial charge in [0.05, 0.1) is 6.61 Å². The van der Waals surface area contributed by atoms with E-state index in [0.717, 1.165) is 18.4 Å². The van der Waals surface area contributed by atoms with Crippen molar-refractivity contribution in [3.8, 4) is 11.8 Å². The highest BCUT2D eigenvalue weighted by Gasteiger charge is 1.95. The molecule has 0 radical (unpaired) electrons. The van der Waals surface area contributed by atoms with E-state index in [-0.39, 0.29) is 12.5 Å². The van der Waals surface area contributed by atoms with Crippen molar-refractivity contribution >= 4 is 5.91 Å². The number of rotatable bonds is 5. The highest BCUT2D eigenvalue weighted by molar-refractivity contribution is 5.72. The number of hydrogen-bond acceptors (Lipinski definition) is 2. The van der Waals surface area contributed by atoms with Crippen LogP contribution in [0.15, 0.2) is 24.3 Å². The molecule has 0 spiro atoms. The number of aliphatic hydroxyl groups excluding tert-OH is 1. The molecule has 0 aliphatic heterocycles. The van der Waals surface area contributed by atoms with Crippen LogP contribution in [-0.2, 0) is 11.2 Å². The lowest BCUT2D eigenvalue weighted by atomic mass is 10.1. The molecule has 1 aromatic carbocycles. The van der Waals surface area contributed by atoms with E-state index in [4.69, 9.17) is 5.11 Å². The first-order chi connectivity index (χ1) is 8.72. The average Bonchev–Trinajstić information content (AvgIpc) is 2.35. The summed E-state index contributed by atoms with van der Waals surface area (Å²) in [5, 5.41) is 11.4. The minimum atomic E-state index is 0.0126. The van der Waals surface area contributed by atoms with E-state index < -0.39 is 0 Å². The van der Waals surface area contributed by atoms with E-state index >= 15 is 0 Å². The third-order valence-corrected chi connectivity index (χ3v) is 2.41. The summed E-state index contributed by atoms with van der Waals surface area (Å²) in [6.07, 6.45) is 2.36. The SMILES string of the molecule is CC(=O)NCCCc1cccc(C#CCCO)c1. The van der Waals surface area contributed by atoms with E-state index in [0.29, 0.717) is 13.0 Å². The number of aliphatic hydroxyl groups is 1. The van der Waals surface area contributed by atoms with Gasteiger partial charge in [0, 0.05) is 25.5 Å². The number of amides is 1. The summed E-state index contributed by atoms with van der Waals surface area (Å²) in [5.74, 6) is 5.93. The summed E-state index contributed by atoms with van der Waals surface area (Å²) in [6, 6.07) is 8.06. The lowest BCUT2D eigenvalue weighted by molar-refractivity contribution is -0.118. The van der Waals surface area contributed by atoms with Crippen LogP contribution in [0.4, 0.5) is 0 Å². The molecular formula is C15H19NO2. The topological polar surface area (TPSA) is 49.3 Å². The van der Waals surface area contributed by atoms with Crippen molar-refractivity contribution < 1.29 is 9.90 Å². The number of benzene rings is 1. The monoisotopic (exact) mass is 245 g/mol. The van der Waals surface area contributed by atoms with Gasteiger partial charge >= 0.3 is 0 Å². The molecule has 1 rings (SSSR count). The van der Waals surface area contributed by atoms with E-state index in [1.807, 2.05) is 12.1 Å². The number of aryl methyl sites for hydroxylation is 1. The maximum Gasteiger partial charge on any atom is 0.216 e. The van der Waals surface area contributed by atoms with Crippen molar-refractivity contribution in [1.29, 1.82) is 0 Å². The van der Waals surface area contributed by atoms with Gasteiger partial charge in [0.1, 0.15) is 0 Å². The Kier molecular flexibility index (Phi) is 6.60. The van der Waals surface area contributed by atoms with Crippen LogP contribution < -0.4 is 5.32 Å². The van der Waals surface area contributed by atoms with Crippen molar-refractivity contribution in [3.63, 3.8) is 0 Å². The molecule has 3 heteroatoms. The van der Waals surface area contributed by atoms with Crippen LogP contribution >= 0.6 is 0 Å². The van der Waals surface area contributed by atoms with Crippen molar-refractivity contribution in [1.82, 2.24) is 5.32 Å². The van der Waals surface area contributed by atoms with Gasteiger partial charge in [-0.15, -0.1) is 0 Å². The predicted molar refractivity (Wildman–Crippen MR) is 72.0 cm³/mol. The van der Waals surface area contributed by atoms with Crippen LogP contribution in [0, 0.1) is 11.8 Å². The first-order valence-corrected chi connectivity index (χ1v) is 6.15. The van der Waals surface area contributed by atoms with Crippen LogP contribution in [0.1, 0.15) is 30.9 Å². The molecule has 1 amide bonds. The Hall–Kier alpha value is -1.79. The van der Waals surface area contributed by atoms with E-state index in [1.165, 1.54) is 12.5 Å². The lowest BCUT2D eigenvalue weighted by Gasteiger charge is -2.03. The molecule has 0 bridgehead atoms. The van der Waals surface area contributed by atoms with Crippen molar-refractivity contribution in [2.45, 2.75) is 26.2 Å². The van der Waals surface area contributed by atoms with Crippen molar-refractivity contribution in [2.24, 2.45) is 0 Å². The summed E-state index contributed by atoms with van der Waals surface area (Å²) >= 11 is 0. The Labute approximate surface area is 108 Å². The van der Waals surface area contributed by atoms with Crippen molar-refractivity contribution in [3.05, 3.63) is 35.4 Å². The highest BCUT2D eigenvalue weighted by Crippen LogP contribution is 2.06. The standard InChI is InChI=1S/C15H19NO2/c1-13(18)16-10-5-9-15-8-4-7-14(12-15)6-2-3-11-17/h4,7-8,12,17H,3,5,9-11H2,1H3,(H,16,18). The van der Waals surface area contributed by atoms with E-state index in [1.54, 1.807) is 0 Å². The molecule has 96 valence electrons. The van der Waals surface area contributed by atoms with Crippen LogP contribution in [-0.4, -0.2) is 24.2 Å². The molecule has 0 fully saturated rings. The van der Waals surface area contributed by atoms with E-state index in [2.05, 4.69) is 29.3 Å². The Balaban J connectivity index is 2.45.